The van der Waals surface area contributed by atoms with Crippen LogP contribution in [-0.2, 0) is 4.79 Å². The van der Waals surface area contributed by atoms with Gasteiger partial charge in [0.05, 0.1) is 0 Å². The van der Waals surface area contributed by atoms with Gasteiger partial charge in [-0.05, 0) is 19.4 Å². The van der Waals surface area contributed by atoms with Crippen molar-refractivity contribution < 1.29 is 10.0 Å². The second-order valence-electron chi connectivity index (χ2n) is 8.14. The fourth-order valence-corrected chi connectivity index (χ4v) is 3.67. The molecular formula is C23H48N2O2. The maximum absolute atomic E-state index is 10.8. The molecule has 0 aliphatic heterocycles. The molecule has 0 aromatic heterocycles. The van der Waals surface area contributed by atoms with E-state index in [0.717, 1.165) is 19.4 Å². The number of carbonyl (C=O) groups is 1. The molecule has 4 nitrogen and oxygen atoms in total. The van der Waals surface area contributed by atoms with Gasteiger partial charge < -0.3 is 5.73 Å². The van der Waals surface area contributed by atoms with Crippen LogP contribution in [-0.4, -0.2) is 17.7 Å². The fraction of sp³-hybridized carbons (Fsp3) is 0.957. The van der Waals surface area contributed by atoms with E-state index in [4.69, 9.17) is 10.9 Å². The number of nitrogens with one attached hydrogen (secondary N) is 1. The van der Waals surface area contributed by atoms with Crippen molar-refractivity contribution in [3.8, 4) is 0 Å². The Hall–Kier alpha value is -0.610. The van der Waals surface area contributed by atoms with E-state index < -0.39 is 0 Å². The summed E-state index contributed by atoms with van der Waals surface area (Å²) in [6, 6.07) is 0. The van der Waals surface area contributed by atoms with Gasteiger partial charge in [-0.25, -0.2) is 5.48 Å². The number of hydrogen-bond donors (Lipinski definition) is 3. The summed E-state index contributed by atoms with van der Waals surface area (Å²) in [6.07, 6.45) is 27.1. The van der Waals surface area contributed by atoms with E-state index in [2.05, 4.69) is 0 Å². The first-order chi connectivity index (χ1) is 13.3. The van der Waals surface area contributed by atoms with Crippen LogP contribution in [0.5, 0.6) is 0 Å². The number of rotatable bonds is 22. The van der Waals surface area contributed by atoms with E-state index in [1.807, 2.05) is 0 Å². The molecule has 4 N–H and O–H groups in total. The molecule has 0 aliphatic rings. The largest absolute Gasteiger partial charge is 0.330 e. The van der Waals surface area contributed by atoms with E-state index in [9.17, 15) is 4.79 Å². The van der Waals surface area contributed by atoms with Gasteiger partial charge in [0.2, 0.25) is 5.91 Å². The number of amides is 1. The summed E-state index contributed by atoms with van der Waals surface area (Å²) in [5.74, 6) is -0.260. The van der Waals surface area contributed by atoms with Crippen LogP contribution in [0.25, 0.3) is 0 Å². The predicted molar refractivity (Wildman–Crippen MR) is 116 cm³/mol. The molecule has 162 valence electrons. The lowest BCUT2D eigenvalue weighted by atomic mass is 10.0. The minimum atomic E-state index is -0.260. The Morgan fingerprint density at radius 2 is 0.778 bits per heavy atom. The summed E-state index contributed by atoms with van der Waals surface area (Å²) in [4.78, 5) is 10.8. The first-order valence-electron chi connectivity index (χ1n) is 11.9. The summed E-state index contributed by atoms with van der Waals surface area (Å²) in [5, 5.41) is 8.40. The van der Waals surface area contributed by atoms with Crippen molar-refractivity contribution >= 4 is 5.91 Å². The van der Waals surface area contributed by atoms with Crippen LogP contribution in [0, 0.1) is 0 Å². The van der Waals surface area contributed by atoms with Crippen LogP contribution in [0.15, 0.2) is 0 Å². The van der Waals surface area contributed by atoms with E-state index in [0.29, 0.717) is 6.42 Å². The molecule has 0 aliphatic carbocycles. The molecule has 0 bridgehead atoms. The Morgan fingerprint density at radius 3 is 1.04 bits per heavy atom. The molecule has 4 heteroatoms. The van der Waals surface area contributed by atoms with E-state index >= 15 is 0 Å². The molecule has 0 spiro atoms. The van der Waals surface area contributed by atoms with Crippen LogP contribution in [0.3, 0.4) is 0 Å². The molecule has 0 atom stereocenters. The molecule has 0 saturated heterocycles. The smallest absolute Gasteiger partial charge is 0.243 e. The maximum Gasteiger partial charge on any atom is 0.243 e. The van der Waals surface area contributed by atoms with E-state index in [1.54, 1.807) is 5.48 Å². The average molecular weight is 385 g/mol. The number of carbonyl (C=O) groups excluding carboxylic acids is 1. The zero-order valence-electron chi connectivity index (χ0n) is 18.0. The van der Waals surface area contributed by atoms with E-state index in [-0.39, 0.29) is 5.91 Å². The van der Waals surface area contributed by atoms with Gasteiger partial charge in [-0.15, -0.1) is 0 Å². The standard InChI is InChI=1S/C23H48N2O2/c24-22-20-18-16-14-12-10-8-6-4-2-1-3-5-7-9-11-13-15-17-19-21-23(26)25-27/h27H,1-22,24H2,(H,25,26). The van der Waals surface area contributed by atoms with Gasteiger partial charge >= 0.3 is 0 Å². The van der Waals surface area contributed by atoms with Gasteiger partial charge in [-0.3, -0.25) is 10.0 Å². The highest BCUT2D eigenvalue weighted by Gasteiger charge is 1.98. The van der Waals surface area contributed by atoms with Crippen molar-refractivity contribution in [2.24, 2.45) is 5.73 Å². The van der Waals surface area contributed by atoms with Gasteiger partial charge in [-0.2, -0.15) is 0 Å². The van der Waals surface area contributed by atoms with Gasteiger partial charge in [0, 0.05) is 6.42 Å². The predicted octanol–water partition coefficient (Wildman–Crippen LogP) is 6.64. The Labute approximate surface area is 169 Å². The minimum Gasteiger partial charge on any atom is -0.330 e. The molecule has 0 aromatic carbocycles. The summed E-state index contributed by atoms with van der Waals surface area (Å²) in [6.45, 7) is 0.856. The highest BCUT2D eigenvalue weighted by Crippen LogP contribution is 2.14. The lowest BCUT2D eigenvalue weighted by molar-refractivity contribution is -0.129. The molecule has 0 aromatic rings. The third kappa shape index (κ3) is 23.4. The summed E-state index contributed by atoms with van der Waals surface area (Å²) < 4.78 is 0. The Balaban J connectivity index is 3.00. The van der Waals surface area contributed by atoms with Crippen molar-refractivity contribution in [1.29, 1.82) is 0 Å². The molecule has 0 heterocycles. The van der Waals surface area contributed by atoms with Crippen molar-refractivity contribution in [3.05, 3.63) is 0 Å². The van der Waals surface area contributed by atoms with Crippen LogP contribution >= 0.6 is 0 Å². The molecule has 0 rings (SSSR count). The summed E-state index contributed by atoms with van der Waals surface area (Å²) in [7, 11) is 0. The van der Waals surface area contributed by atoms with Crippen molar-refractivity contribution in [3.63, 3.8) is 0 Å². The van der Waals surface area contributed by atoms with Crippen LogP contribution in [0.1, 0.15) is 135 Å². The normalized spacial score (nSPS) is 11.0. The molecule has 27 heavy (non-hydrogen) atoms. The SMILES string of the molecule is NCCCCCCCCCCCCCCCCCCCCCCC(=O)NO. The van der Waals surface area contributed by atoms with Crippen LogP contribution < -0.4 is 11.2 Å². The van der Waals surface area contributed by atoms with Gasteiger partial charge in [0.1, 0.15) is 0 Å². The van der Waals surface area contributed by atoms with Crippen molar-refractivity contribution in [2.45, 2.75) is 135 Å². The number of unbranched alkanes of at least 4 members (excludes halogenated alkanes) is 19. The Kier molecular flexibility index (Phi) is 22.9. The van der Waals surface area contributed by atoms with E-state index in [1.165, 1.54) is 116 Å². The number of hydroxylamine groups is 1. The zero-order valence-corrected chi connectivity index (χ0v) is 18.0. The zero-order chi connectivity index (χ0) is 19.8. The Morgan fingerprint density at radius 1 is 0.519 bits per heavy atom. The molecule has 0 saturated carbocycles. The quantitative estimate of drug-likeness (QED) is 0.111. The monoisotopic (exact) mass is 384 g/mol. The lowest BCUT2D eigenvalue weighted by Crippen LogP contribution is -2.17. The first-order valence-corrected chi connectivity index (χ1v) is 11.9. The highest BCUT2D eigenvalue weighted by atomic mass is 16.5. The fourth-order valence-electron chi connectivity index (χ4n) is 3.67. The van der Waals surface area contributed by atoms with Crippen LogP contribution in [0.4, 0.5) is 0 Å². The van der Waals surface area contributed by atoms with Gasteiger partial charge in [0.15, 0.2) is 0 Å². The number of hydrogen-bond acceptors (Lipinski definition) is 3. The highest BCUT2D eigenvalue weighted by molar-refractivity contribution is 5.74. The molecule has 0 unspecified atom stereocenters. The average Bonchev–Trinajstić information content (AvgIpc) is 2.68. The topological polar surface area (TPSA) is 75.4 Å². The minimum absolute atomic E-state index is 0.260. The summed E-state index contributed by atoms with van der Waals surface area (Å²) in [5.41, 5.74) is 7.19. The first kappa shape index (κ1) is 26.4. The molecular weight excluding hydrogens is 336 g/mol. The van der Waals surface area contributed by atoms with Crippen molar-refractivity contribution in [1.82, 2.24) is 5.48 Å². The third-order valence-corrected chi connectivity index (χ3v) is 5.48. The second kappa shape index (κ2) is 23.4. The van der Waals surface area contributed by atoms with Crippen molar-refractivity contribution in [2.75, 3.05) is 6.54 Å². The maximum atomic E-state index is 10.8. The number of nitrogens with two attached hydrogens (primary N) is 1. The Bertz CT molecular complexity index is 298. The third-order valence-electron chi connectivity index (χ3n) is 5.48. The molecule has 0 radical (unpaired) electrons. The van der Waals surface area contributed by atoms with Crippen LogP contribution in [0.2, 0.25) is 0 Å². The molecule has 0 fully saturated rings. The summed E-state index contributed by atoms with van der Waals surface area (Å²) >= 11 is 0. The lowest BCUT2D eigenvalue weighted by Gasteiger charge is -2.04. The second-order valence-corrected chi connectivity index (χ2v) is 8.14. The molecule has 1 amide bonds. The van der Waals surface area contributed by atoms with Gasteiger partial charge in [-0.1, -0.05) is 116 Å². The van der Waals surface area contributed by atoms with Gasteiger partial charge in [0.25, 0.3) is 0 Å².